The van der Waals surface area contributed by atoms with Gasteiger partial charge in [-0.15, -0.1) is 0 Å². The molecule has 1 saturated heterocycles. The summed E-state index contributed by atoms with van der Waals surface area (Å²) in [6, 6.07) is 0.813. The summed E-state index contributed by atoms with van der Waals surface area (Å²) in [6.07, 6.45) is 7.19. The van der Waals surface area contributed by atoms with Crippen LogP contribution in [0.5, 0.6) is 0 Å². The van der Waals surface area contributed by atoms with Crippen molar-refractivity contribution in [2.45, 2.75) is 52.0 Å². The van der Waals surface area contributed by atoms with E-state index >= 15 is 0 Å². The second-order valence-electron chi connectivity index (χ2n) is 5.89. The molecule has 0 amide bonds. The average molecular weight is 227 g/mol. The standard InChI is InChI=1S/C13H25NS/c1-11(2)8-13(5-6-13)10-14-12-4-3-7-15-9-12/h11-12,14H,3-10H2,1-2H3. The number of hydrogen-bond acceptors (Lipinski definition) is 2. The Morgan fingerprint density at radius 3 is 2.73 bits per heavy atom. The van der Waals surface area contributed by atoms with Crippen LogP contribution in [-0.2, 0) is 0 Å². The Balaban J connectivity index is 1.68. The second-order valence-corrected chi connectivity index (χ2v) is 7.04. The highest BCUT2D eigenvalue weighted by Gasteiger charge is 2.42. The summed E-state index contributed by atoms with van der Waals surface area (Å²) in [4.78, 5) is 0. The van der Waals surface area contributed by atoms with Crippen LogP contribution in [0, 0.1) is 11.3 Å². The third-order valence-corrected chi connectivity index (χ3v) is 4.94. The van der Waals surface area contributed by atoms with E-state index in [0.29, 0.717) is 5.41 Å². The molecule has 1 aliphatic carbocycles. The van der Waals surface area contributed by atoms with E-state index in [9.17, 15) is 0 Å². The summed E-state index contributed by atoms with van der Waals surface area (Å²) in [5, 5.41) is 3.81. The van der Waals surface area contributed by atoms with Crippen molar-refractivity contribution in [3.8, 4) is 0 Å². The molecule has 2 rings (SSSR count). The van der Waals surface area contributed by atoms with Crippen molar-refractivity contribution < 1.29 is 0 Å². The first-order valence-electron chi connectivity index (χ1n) is 6.51. The van der Waals surface area contributed by atoms with Crippen molar-refractivity contribution in [1.29, 1.82) is 0 Å². The van der Waals surface area contributed by atoms with Gasteiger partial charge < -0.3 is 5.32 Å². The Morgan fingerprint density at radius 1 is 1.40 bits per heavy atom. The molecule has 1 saturated carbocycles. The fourth-order valence-electron chi connectivity index (χ4n) is 2.76. The molecule has 1 nitrogen and oxygen atoms in total. The number of hydrogen-bond donors (Lipinski definition) is 1. The Bertz CT molecular complexity index is 193. The third-order valence-electron chi connectivity index (χ3n) is 3.72. The van der Waals surface area contributed by atoms with E-state index in [1.807, 2.05) is 0 Å². The molecule has 2 heteroatoms. The van der Waals surface area contributed by atoms with Crippen LogP contribution in [0.4, 0.5) is 0 Å². The summed E-state index contributed by atoms with van der Waals surface area (Å²) in [5.74, 6) is 3.60. The normalized spacial score (nSPS) is 29.4. The highest BCUT2D eigenvalue weighted by Crippen LogP contribution is 2.50. The number of nitrogens with one attached hydrogen (secondary N) is 1. The van der Waals surface area contributed by atoms with Gasteiger partial charge in [-0.25, -0.2) is 0 Å². The molecule has 0 bridgehead atoms. The summed E-state index contributed by atoms with van der Waals surface area (Å²) in [6.45, 7) is 6.00. The van der Waals surface area contributed by atoms with Gasteiger partial charge in [0, 0.05) is 18.3 Å². The van der Waals surface area contributed by atoms with E-state index in [2.05, 4.69) is 30.9 Å². The van der Waals surface area contributed by atoms with Crippen molar-refractivity contribution >= 4 is 11.8 Å². The molecule has 1 aliphatic heterocycles. The van der Waals surface area contributed by atoms with Gasteiger partial charge in [0.05, 0.1) is 0 Å². The smallest absolute Gasteiger partial charge is 0.0158 e. The van der Waals surface area contributed by atoms with Crippen LogP contribution in [0.15, 0.2) is 0 Å². The number of thioether (sulfide) groups is 1. The van der Waals surface area contributed by atoms with Gasteiger partial charge in [0.2, 0.25) is 0 Å². The maximum Gasteiger partial charge on any atom is 0.0158 e. The van der Waals surface area contributed by atoms with Gasteiger partial charge in [0.15, 0.2) is 0 Å². The minimum atomic E-state index is 0.705. The molecule has 0 aromatic heterocycles. The first-order chi connectivity index (χ1) is 7.20. The summed E-state index contributed by atoms with van der Waals surface area (Å²) in [7, 11) is 0. The SMILES string of the molecule is CC(C)CC1(CNC2CCCSC2)CC1. The highest BCUT2D eigenvalue weighted by atomic mass is 32.2. The lowest BCUT2D eigenvalue weighted by Gasteiger charge is -2.26. The molecular formula is C13H25NS. The summed E-state index contributed by atoms with van der Waals surface area (Å²) in [5.41, 5.74) is 0.705. The van der Waals surface area contributed by atoms with E-state index in [4.69, 9.17) is 0 Å². The minimum Gasteiger partial charge on any atom is -0.313 e. The summed E-state index contributed by atoms with van der Waals surface area (Å²) < 4.78 is 0. The van der Waals surface area contributed by atoms with E-state index < -0.39 is 0 Å². The minimum absolute atomic E-state index is 0.705. The van der Waals surface area contributed by atoms with E-state index in [1.54, 1.807) is 0 Å². The molecular weight excluding hydrogens is 202 g/mol. The van der Waals surface area contributed by atoms with E-state index in [1.165, 1.54) is 50.2 Å². The fraction of sp³-hybridized carbons (Fsp3) is 1.00. The average Bonchev–Trinajstić information content (AvgIpc) is 2.96. The molecule has 0 spiro atoms. The lowest BCUT2D eigenvalue weighted by molar-refractivity contribution is 0.346. The van der Waals surface area contributed by atoms with Gasteiger partial charge >= 0.3 is 0 Å². The molecule has 1 N–H and O–H groups in total. The first kappa shape index (κ1) is 11.8. The largest absolute Gasteiger partial charge is 0.313 e. The predicted molar refractivity (Wildman–Crippen MR) is 69.5 cm³/mol. The van der Waals surface area contributed by atoms with Gasteiger partial charge in [-0.05, 0) is 49.2 Å². The van der Waals surface area contributed by atoms with E-state index in [-0.39, 0.29) is 0 Å². The zero-order valence-electron chi connectivity index (χ0n) is 10.2. The monoisotopic (exact) mass is 227 g/mol. The van der Waals surface area contributed by atoms with E-state index in [0.717, 1.165) is 12.0 Å². The lowest BCUT2D eigenvalue weighted by atomic mass is 9.94. The second kappa shape index (κ2) is 5.09. The van der Waals surface area contributed by atoms with Crippen molar-refractivity contribution in [3.63, 3.8) is 0 Å². The lowest BCUT2D eigenvalue weighted by Crippen LogP contribution is -2.38. The van der Waals surface area contributed by atoms with Gasteiger partial charge in [-0.1, -0.05) is 13.8 Å². The van der Waals surface area contributed by atoms with Gasteiger partial charge in [-0.2, -0.15) is 11.8 Å². The maximum absolute atomic E-state index is 3.81. The van der Waals surface area contributed by atoms with Crippen molar-refractivity contribution in [2.75, 3.05) is 18.1 Å². The van der Waals surface area contributed by atoms with Crippen LogP contribution in [0.25, 0.3) is 0 Å². The maximum atomic E-state index is 3.81. The van der Waals surface area contributed by atoms with Crippen LogP contribution >= 0.6 is 11.8 Å². The highest BCUT2D eigenvalue weighted by molar-refractivity contribution is 7.99. The fourth-order valence-corrected chi connectivity index (χ4v) is 3.86. The summed E-state index contributed by atoms with van der Waals surface area (Å²) >= 11 is 2.13. The number of rotatable bonds is 5. The van der Waals surface area contributed by atoms with Crippen LogP contribution in [0.3, 0.4) is 0 Å². The van der Waals surface area contributed by atoms with Crippen LogP contribution in [0.2, 0.25) is 0 Å². The Hall–Kier alpha value is 0.310. The molecule has 0 aromatic rings. The van der Waals surface area contributed by atoms with Crippen LogP contribution in [-0.4, -0.2) is 24.1 Å². The molecule has 2 fully saturated rings. The molecule has 1 unspecified atom stereocenters. The Kier molecular flexibility index (Phi) is 4.00. The van der Waals surface area contributed by atoms with Crippen molar-refractivity contribution in [2.24, 2.45) is 11.3 Å². The molecule has 1 atom stereocenters. The Morgan fingerprint density at radius 2 is 2.20 bits per heavy atom. The van der Waals surface area contributed by atoms with Gasteiger partial charge in [0.25, 0.3) is 0 Å². The zero-order chi connectivity index (χ0) is 10.7. The molecule has 2 aliphatic rings. The Labute approximate surface area is 98.8 Å². The topological polar surface area (TPSA) is 12.0 Å². The molecule has 15 heavy (non-hydrogen) atoms. The first-order valence-corrected chi connectivity index (χ1v) is 7.67. The quantitative estimate of drug-likeness (QED) is 0.773. The third kappa shape index (κ3) is 3.67. The molecule has 1 heterocycles. The van der Waals surface area contributed by atoms with Crippen molar-refractivity contribution in [3.05, 3.63) is 0 Å². The molecule has 0 radical (unpaired) electrons. The van der Waals surface area contributed by atoms with Gasteiger partial charge in [-0.3, -0.25) is 0 Å². The van der Waals surface area contributed by atoms with Crippen molar-refractivity contribution in [1.82, 2.24) is 5.32 Å². The van der Waals surface area contributed by atoms with Crippen LogP contribution < -0.4 is 5.32 Å². The van der Waals surface area contributed by atoms with Gasteiger partial charge in [0.1, 0.15) is 0 Å². The molecule has 0 aromatic carbocycles. The predicted octanol–water partition coefficient (Wildman–Crippen LogP) is 3.30. The van der Waals surface area contributed by atoms with Crippen LogP contribution in [0.1, 0.15) is 46.0 Å². The zero-order valence-corrected chi connectivity index (χ0v) is 11.0. The molecule has 88 valence electrons.